The summed E-state index contributed by atoms with van der Waals surface area (Å²) in [6, 6.07) is 1.45. The van der Waals surface area contributed by atoms with Crippen LogP contribution in [-0.4, -0.2) is 22.6 Å². The van der Waals surface area contributed by atoms with Crippen LogP contribution in [0.2, 0.25) is 0 Å². The highest BCUT2D eigenvalue weighted by molar-refractivity contribution is 5.68. The van der Waals surface area contributed by atoms with E-state index in [1.165, 1.54) is 12.3 Å². The zero-order valence-electron chi connectivity index (χ0n) is 7.48. The molecule has 0 aromatic carbocycles. The van der Waals surface area contributed by atoms with Crippen molar-refractivity contribution < 1.29 is 14.3 Å². The number of aliphatic carboxylic acids is 1. The molecule has 1 unspecified atom stereocenters. The van der Waals surface area contributed by atoms with E-state index in [0.29, 0.717) is 5.56 Å². The van der Waals surface area contributed by atoms with Crippen LogP contribution in [0, 0.1) is 5.82 Å². The number of nitrogens with two attached hydrogens (primary N) is 1. The minimum atomic E-state index is -0.989. The molecule has 0 amide bonds. The Hall–Kier alpha value is -1.49. The van der Waals surface area contributed by atoms with Gasteiger partial charge in [-0.3, -0.25) is 9.78 Å². The first-order valence-corrected chi connectivity index (χ1v) is 4.16. The Morgan fingerprint density at radius 3 is 2.93 bits per heavy atom. The fourth-order valence-corrected chi connectivity index (χ4v) is 1.25. The van der Waals surface area contributed by atoms with Gasteiger partial charge in [-0.1, -0.05) is 0 Å². The molecule has 3 N–H and O–H groups in total. The van der Waals surface area contributed by atoms with Gasteiger partial charge in [0.05, 0.1) is 12.6 Å². The first kappa shape index (κ1) is 10.6. The Morgan fingerprint density at radius 2 is 2.43 bits per heavy atom. The molecule has 76 valence electrons. The van der Waals surface area contributed by atoms with E-state index < -0.39 is 17.7 Å². The molecule has 1 rings (SSSR count). The average molecular weight is 198 g/mol. The summed E-state index contributed by atoms with van der Waals surface area (Å²) < 4.78 is 13.2. The lowest BCUT2D eigenvalue weighted by molar-refractivity contribution is -0.137. The summed E-state index contributed by atoms with van der Waals surface area (Å²) in [6.07, 6.45) is 2.31. The molecule has 1 heterocycles. The lowest BCUT2D eigenvalue weighted by Gasteiger charge is -2.12. The van der Waals surface area contributed by atoms with Crippen LogP contribution < -0.4 is 5.73 Å². The molecule has 0 spiro atoms. The van der Waals surface area contributed by atoms with Gasteiger partial charge in [0.25, 0.3) is 0 Å². The first-order chi connectivity index (χ1) is 6.65. The lowest BCUT2D eigenvalue weighted by atomic mass is 9.96. The van der Waals surface area contributed by atoms with E-state index in [9.17, 15) is 9.18 Å². The molecule has 0 fully saturated rings. The molecule has 0 aliphatic rings. The summed E-state index contributed by atoms with van der Waals surface area (Å²) in [7, 11) is 0. The molecule has 1 atom stereocenters. The second-order valence-corrected chi connectivity index (χ2v) is 2.93. The molecular formula is C9H11FN2O2. The van der Waals surface area contributed by atoms with Gasteiger partial charge in [-0.2, -0.15) is 0 Å². The predicted molar refractivity (Wildman–Crippen MR) is 48.2 cm³/mol. The van der Waals surface area contributed by atoms with Crippen molar-refractivity contribution in [3.63, 3.8) is 0 Å². The zero-order chi connectivity index (χ0) is 10.6. The number of carboxylic acids is 1. The van der Waals surface area contributed by atoms with Crippen LogP contribution in [0.25, 0.3) is 0 Å². The summed E-state index contributed by atoms with van der Waals surface area (Å²) in [6.45, 7) is 0.104. The second-order valence-electron chi connectivity index (χ2n) is 2.93. The van der Waals surface area contributed by atoms with E-state index in [1.54, 1.807) is 0 Å². The molecule has 14 heavy (non-hydrogen) atoms. The van der Waals surface area contributed by atoms with Gasteiger partial charge < -0.3 is 10.8 Å². The Balaban J connectivity index is 2.89. The van der Waals surface area contributed by atoms with Gasteiger partial charge >= 0.3 is 5.97 Å². The molecule has 0 bridgehead atoms. The number of hydrogen-bond donors (Lipinski definition) is 2. The Kier molecular flexibility index (Phi) is 3.53. The fraction of sp³-hybridized carbons (Fsp3) is 0.333. The number of nitrogens with zero attached hydrogens (tertiary/aromatic N) is 1. The van der Waals surface area contributed by atoms with Crippen LogP contribution in [0.1, 0.15) is 17.9 Å². The molecule has 0 radical (unpaired) electrons. The maximum Gasteiger partial charge on any atom is 0.304 e. The Bertz CT molecular complexity index is 330. The van der Waals surface area contributed by atoms with Crippen LogP contribution in [0.15, 0.2) is 18.5 Å². The third-order valence-corrected chi connectivity index (χ3v) is 1.95. The molecule has 0 saturated heterocycles. The molecule has 0 aliphatic carbocycles. The van der Waals surface area contributed by atoms with E-state index in [2.05, 4.69) is 4.98 Å². The normalized spacial score (nSPS) is 12.4. The van der Waals surface area contributed by atoms with Crippen LogP contribution in [-0.2, 0) is 4.79 Å². The summed E-state index contributed by atoms with van der Waals surface area (Å²) in [4.78, 5) is 14.0. The molecule has 1 aromatic heterocycles. The largest absolute Gasteiger partial charge is 0.481 e. The lowest BCUT2D eigenvalue weighted by Crippen LogP contribution is -2.17. The van der Waals surface area contributed by atoms with Gasteiger partial charge in [-0.05, 0) is 18.2 Å². The van der Waals surface area contributed by atoms with Crippen molar-refractivity contribution in [1.29, 1.82) is 0 Å². The second kappa shape index (κ2) is 4.66. The van der Waals surface area contributed by atoms with E-state index in [-0.39, 0.29) is 13.0 Å². The number of carbonyl (C=O) groups is 1. The summed E-state index contributed by atoms with van der Waals surface area (Å²) in [5, 5.41) is 8.57. The maximum atomic E-state index is 13.2. The SMILES string of the molecule is NCC(CC(=O)O)c1ccncc1F. The zero-order valence-corrected chi connectivity index (χ0v) is 7.48. The highest BCUT2D eigenvalue weighted by Gasteiger charge is 2.17. The molecule has 5 heteroatoms. The molecule has 0 saturated carbocycles. The van der Waals surface area contributed by atoms with E-state index >= 15 is 0 Å². The van der Waals surface area contributed by atoms with Gasteiger partial charge in [0, 0.05) is 12.1 Å². The van der Waals surface area contributed by atoms with Crippen molar-refractivity contribution in [2.24, 2.45) is 5.73 Å². The van der Waals surface area contributed by atoms with Gasteiger partial charge in [0.15, 0.2) is 0 Å². The standard InChI is InChI=1S/C9H11FN2O2/c10-8-5-12-2-1-7(8)6(4-11)3-9(13)14/h1-2,5-6H,3-4,11H2,(H,13,14). The molecule has 1 aromatic rings. The number of hydrogen-bond acceptors (Lipinski definition) is 3. The smallest absolute Gasteiger partial charge is 0.304 e. The summed E-state index contributed by atoms with van der Waals surface area (Å²) in [5.41, 5.74) is 5.68. The van der Waals surface area contributed by atoms with Crippen LogP contribution in [0.4, 0.5) is 4.39 Å². The quantitative estimate of drug-likeness (QED) is 0.748. The van der Waals surface area contributed by atoms with Gasteiger partial charge in [-0.15, -0.1) is 0 Å². The van der Waals surface area contributed by atoms with E-state index in [4.69, 9.17) is 10.8 Å². The predicted octanol–water partition coefficient (Wildman–Crippen LogP) is 0.738. The third kappa shape index (κ3) is 2.50. The van der Waals surface area contributed by atoms with Crippen molar-refractivity contribution in [1.82, 2.24) is 4.98 Å². The highest BCUT2D eigenvalue weighted by Crippen LogP contribution is 2.20. The van der Waals surface area contributed by atoms with Crippen LogP contribution in [0.3, 0.4) is 0 Å². The Morgan fingerprint density at radius 1 is 1.71 bits per heavy atom. The van der Waals surface area contributed by atoms with Crippen molar-refractivity contribution in [2.75, 3.05) is 6.54 Å². The van der Waals surface area contributed by atoms with Gasteiger partial charge in [-0.25, -0.2) is 4.39 Å². The van der Waals surface area contributed by atoms with Crippen LogP contribution in [0.5, 0.6) is 0 Å². The highest BCUT2D eigenvalue weighted by atomic mass is 19.1. The van der Waals surface area contributed by atoms with Crippen molar-refractivity contribution in [3.05, 3.63) is 29.8 Å². The third-order valence-electron chi connectivity index (χ3n) is 1.95. The van der Waals surface area contributed by atoms with Gasteiger partial charge in [0.2, 0.25) is 0 Å². The molecular weight excluding hydrogens is 187 g/mol. The topological polar surface area (TPSA) is 76.2 Å². The molecule has 4 nitrogen and oxygen atoms in total. The van der Waals surface area contributed by atoms with Crippen LogP contribution >= 0.6 is 0 Å². The maximum absolute atomic E-state index is 13.2. The first-order valence-electron chi connectivity index (χ1n) is 4.16. The minimum absolute atomic E-state index is 0.104. The summed E-state index contributed by atoms with van der Waals surface area (Å²) in [5.74, 6) is -1.99. The number of rotatable bonds is 4. The fourth-order valence-electron chi connectivity index (χ4n) is 1.25. The van der Waals surface area contributed by atoms with Crippen molar-refractivity contribution >= 4 is 5.97 Å². The van der Waals surface area contributed by atoms with Gasteiger partial charge in [0.1, 0.15) is 5.82 Å². The number of pyridine rings is 1. The van der Waals surface area contributed by atoms with E-state index in [0.717, 1.165) is 6.20 Å². The van der Waals surface area contributed by atoms with Crippen molar-refractivity contribution in [3.8, 4) is 0 Å². The van der Waals surface area contributed by atoms with Crippen molar-refractivity contribution in [2.45, 2.75) is 12.3 Å². The number of aromatic nitrogens is 1. The minimum Gasteiger partial charge on any atom is -0.481 e. The monoisotopic (exact) mass is 198 g/mol. The Labute approximate surface area is 80.6 Å². The number of halogens is 1. The number of carboxylic acid groups (broad SMARTS) is 1. The average Bonchev–Trinajstić information content (AvgIpc) is 2.15. The van der Waals surface area contributed by atoms with E-state index in [1.807, 2.05) is 0 Å². The summed E-state index contributed by atoms with van der Waals surface area (Å²) >= 11 is 0. The molecule has 0 aliphatic heterocycles.